The first kappa shape index (κ1) is 12.5. The Bertz CT molecular complexity index is 475. The lowest BCUT2D eigenvalue weighted by molar-refractivity contribution is -0.384. The van der Waals surface area contributed by atoms with Gasteiger partial charge < -0.3 is 14.8 Å². The van der Waals surface area contributed by atoms with Crippen LogP contribution < -0.4 is 14.8 Å². The second-order valence-electron chi connectivity index (χ2n) is 4.45. The van der Waals surface area contributed by atoms with E-state index in [2.05, 4.69) is 12.2 Å². The van der Waals surface area contributed by atoms with E-state index in [1.807, 2.05) is 0 Å². The van der Waals surface area contributed by atoms with Gasteiger partial charge in [-0.3, -0.25) is 10.1 Å². The molecule has 1 aliphatic carbocycles. The monoisotopic (exact) mass is 252 g/mol. The second kappa shape index (κ2) is 4.72. The van der Waals surface area contributed by atoms with Crippen molar-refractivity contribution in [3.05, 3.63) is 22.2 Å². The van der Waals surface area contributed by atoms with E-state index in [9.17, 15) is 10.1 Å². The van der Waals surface area contributed by atoms with Gasteiger partial charge in [0, 0.05) is 12.1 Å². The summed E-state index contributed by atoms with van der Waals surface area (Å²) in [6, 6.07) is 3.30. The Hall–Kier alpha value is -1.98. The molecular formula is C12H16N2O4. The maximum atomic E-state index is 11.0. The predicted molar refractivity (Wildman–Crippen MR) is 67.4 cm³/mol. The van der Waals surface area contributed by atoms with Crippen molar-refractivity contribution in [1.29, 1.82) is 0 Å². The van der Waals surface area contributed by atoms with Crippen LogP contribution in [0.5, 0.6) is 11.5 Å². The molecule has 6 heteroatoms. The Labute approximate surface area is 105 Å². The van der Waals surface area contributed by atoms with Crippen LogP contribution in [-0.2, 0) is 0 Å². The number of nitrogens with zero attached hydrogens (tertiary/aromatic N) is 1. The molecule has 0 aromatic heterocycles. The number of benzene rings is 1. The minimum atomic E-state index is -0.419. The highest BCUT2D eigenvalue weighted by Crippen LogP contribution is 2.41. The third-order valence-corrected chi connectivity index (χ3v) is 3.15. The number of nitrogens with one attached hydrogen (secondary N) is 1. The van der Waals surface area contributed by atoms with E-state index >= 15 is 0 Å². The Balaban J connectivity index is 2.37. The molecule has 1 saturated carbocycles. The van der Waals surface area contributed by atoms with E-state index < -0.39 is 4.92 Å². The van der Waals surface area contributed by atoms with Crippen LogP contribution in [-0.4, -0.2) is 25.2 Å². The van der Waals surface area contributed by atoms with Crippen LogP contribution in [0.1, 0.15) is 13.3 Å². The summed E-state index contributed by atoms with van der Waals surface area (Å²) in [4.78, 5) is 10.6. The van der Waals surface area contributed by atoms with Gasteiger partial charge in [-0.1, -0.05) is 6.92 Å². The summed E-state index contributed by atoms with van der Waals surface area (Å²) in [5, 5.41) is 14.2. The molecule has 1 aromatic rings. The third kappa shape index (κ3) is 2.32. The van der Waals surface area contributed by atoms with Gasteiger partial charge in [0.15, 0.2) is 11.5 Å². The molecule has 1 N–H and O–H groups in total. The molecule has 1 fully saturated rings. The van der Waals surface area contributed by atoms with Crippen LogP contribution in [0.15, 0.2) is 12.1 Å². The van der Waals surface area contributed by atoms with Crippen molar-refractivity contribution in [3.63, 3.8) is 0 Å². The van der Waals surface area contributed by atoms with Crippen molar-refractivity contribution in [2.45, 2.75) is 19.4 Å². The number of nitro groups is 1. The number of rotatable bonds is 5. The fourth-order valence-electron chi connectivity index (χ4n) is 1.86. The Morgan fingerprint density at radius 2 is 1.89 bits per heavy atom. The van der Waals surface area contributed by atoms with Gasteiger partial charge in [0.2, 0.25) is 0 Å². The molecule has 18 heavy (non-hydrogen) atoms. The topological polar surface area (TPSA) is 73.6 Å². The van der Waals surface area contributed by atoms with Crippen molar-refractivity contribution in [2.24, 2.45) is 5.92 Å². The third-order valence-electron chi connectivity index (χ3n) is 3.15. The van der Waals surface area contributed by atoms with Gasteiger partial charge in [0.05, 0.1) is 25.2 Å². The summed E-state index contributed by atoms with van der Waals surface area (Å²) in [7, 11) is 2.96. The molecule has 1 aliphatic rings. The van der Waals surface area contributed by atoms with E-state index in [4.69, 9.17) is 9.47 Å². The number of anilines is 1. The predicted octanol–water partition coefficient (Wildman–Crippen LogP) is 2.43. The minimum Gasteiger partial charge on any atom is -0.493 e. The number of methoxy groups -OCH3 is 2. The van der Waals surface area contributed by atoms with Gasteiger partial charge in [-0.05, 0) is 12.3 Å². The van der Waals surface area contributed by atoms with Crippen LogP contribution in [0, 0.1) is 16.0 Å². The van der Waals surface area contributed by atoms with Gasteiger partial charge in [-0.2, -0.15) is 0 Å². The van der Waals surface area contributed by atoms with Crippen LogP contribution in [0.25, 0.3) is 0 Å². The number of hydrogen-bond donors (Lipinski definition) is 1. The maximum absolute atomic E-state index is 11.0. The van der Waals surface area contributed by atoms with E-state index in [1.54, 1.807) is 6.07 Å². The normalized spacial score (nSPS) is 21.3. The lowest BCUT2D eigenvalue weighted by Crippen LogP contribution is -2.07. The minimum absolute atomic E-state index is 0.00625. The van der Waals surface area contributed by atoms with E-state index in [0.717, 1.165) is 6.42 Å². The van der Waals surface area contributed by atoms with Crippen LogP contribution >= 0.6 is 0 Å². The number of hydrogen-bond acceptors (Lipinski definition) is 5. The van der Waals surface area contributed by atoms with E-state index in [0.29, 0.717) is 29.1 Å². The summed E-state index contributed by atoms with van der Waals surface area (Å²) < 4.78 is 10.2. The molecule has 6 nitrogen and oxygen atoms in total. The zero-order valence-electron chi connectivity index (χ0n) is 10.6. The highest BCUT2D eigenvalue weighted by atomic mass is 16.6. The lowest BCUT2D eigenvalue weighted by Gasteiger charge is -2.11. The quantitative estimate of drug-likeness (QED) is 0.643. The first-order chi connectivity index (χ1) is 8.56. The summed E-state index contributed by atoms with van der Waals surface area (Å²) in [5.74, 6) is 1.40. The molecule has 0 amide bonds. The molecule has 0 spiro atoms. The smallest absolute Gasteiger partial charge is 0.296 e. The largest absolute Gasteiger partial charge is 0.493 e. The molecule has 0 saturated heterocycles. The molecular weight excluding hydrogens is 236 g/mol. The first-order valence-corrected chi connectivity index (χ1v) is 5.73. The Kier molecular flexibility index (Phi) is 3.27. The first-order valence-electron chi connectivity index (χ1n) is 5.73. The molecule has 2 rings (SSSR count). The van der Waals surface area contributed by atoms with Crippen LogP contribution in [0.2, 0.25) is 0 Å². The Morgan fingerprint density at radius 3 is 2.33 bits per heavy atom. The molecule has 2 atom stereocenters. The van der Waals surface area contributed by atoms with Crippen molar-refractivity contribution >= 4 is 11.4 Å². The molecule has 0 heterocycles. The van der Waals surface area contributed by atoms with Crippen molar-refractivity contribution < 1.29 is 14.4 Å². The van der Waals surface area contributed by atoms with Gasteiger partial charge in [-0.15, -0.1) is 0 Å². The standard InChI is InChI=1S/C12H16N2O4/c1-7-4-8(7)13-9-5-11(17-2)12(18-3)6-10(9)14(15)16/h5-8,13H,4H2,1-3H3. The van der Waals surface area contributed by atoms with Gasteiger partial charge in [-0.25, -0.2) is 0 Å². The van der Waals surface area contributed by atoms with Gasteiger partial charge >= 0.3 is 0 Å². The average molecular weight is 252 g/mol. The Morgan fingerprint density at radius 1 is 1.33 bits per heavy atom. The average Bonchev–Trinajstić information content (AvgIpc) is 3.03. The van der Waals surface area contributed by atoms with E-state index in [-0.39, 0.29) is 5.69 Å². The van der Waals surface area contributed by atoms with Gasteiger partial charge in [0.1, 0.15) is 5.69 Å². The SMILES string of the molecule is COc1cc(NC2CC2C)c([N+](=O)[O-])cc1OC. The molecule has 1 aromatic carbocycles. The highest BCUT2D eigenvalue weighted by molar-refractivity contribution is 5.69. The zero-order valence-corrected chi connectivity index (χ0v) is 10.6. The van der Waals surface area contributed by atoms with Crippen LogP contribution in [0.3, 0.4) is 0 Å². The van der Waals surface area contributed by atoms with Gasteiger partial charge in [0.25, 0.3) is 5.69 Å². The van der Waals surface area contributed by atoms with E-state index in [1.165, 1.54) is 20.3 Å². The lowest BCUT2D eigenvalue weighted by atomic mass is 10.2. The molecule has 0 bridgehead atoms. The van der Waals surface area contributed by atoms with Crippen LogP contribution in [0.4, 0.5) is 11.4 Å². The molecule has 98 valence electrons. The summed E-state index contributed by atoms with van der Waals surface area (Å²) in [5.41, 5.74) is 0.485. The highest BCUT2D eigenvalue weighted by Gasteiger charge is 2.34. The summed E-state index contributed by atoms with van der Waals surface area (Å²) in [6.07, 6.45) is 1.03. The van der Waals surface area contributed by atoms with Crippen molar-refractivity contribution in [2.75, 3.05) is 19.5 Å². The van der Waals surface area contributed by atoms with Crippen molar-refractivity contribution in [3.8, 4) is 11.5 Å². The maximum Gasteiger partial charge on any atom is 0.296 e. The summed E-state index contributed by atoms with van der Waals surface area (Å²) >= 11 is 0. The molecule has 2 unspecified atom stereocenters. The molecule has 0 radical (unpaired) electrons. The second-order valence-corrected chi connectivity index (χ2v) is 4.45. The number of ether oxygens (including phenoxy) is 2. The molecule has 0 aliphatic heterocycles. The number of nitro benzene ring substituents is 1. The fraction of sp³-hybridized carbons (Fsp3) is 0.500. The fourth-order valence-corrected chi connectivity index (χ4v) is 1.86. The summed E-state index contributed by atoms with van der Waals surface area (Å²) in [6.45, 7) is 2.10. The van der Waals surface area contributed by atoms with Crippen molar-refractivity contribution in [1.82, 2.24) is 0 Å². The zero-order chi connectivity index (χ0) is 13.3.